The second-order valence-corrected chi connectivity index (χ2v) is 6.36. The maximum absolute atomic E-state index is 8.72. The summed E-state index contributed by atoms with van der Waals surface area (Å²) in [7, 11) is 0. The Morgan fingerprint density at radius 2 is 1.26 bits per heavy atom. The first-order chi connectivity index (χ1) is 11.4. The second kappa shape index (κ2) is 11.1. The largest absolute Gasteiger partial charge is 0.396 e. The molecule has 0 aliphatic heterocycles. The predicted octanol–water partition coefficient (Wildman–Crippen LogP) is 5.75. The Kier molecular flexibility index (Phi) is 8.57. The van der Waals surface area contributed by atoms with Crippen molar-refractivity contribution >= 4 is 16.5 Å². The van der Waals surface area contributed by atoms with Gasteiger partial charge in [0.25, 0.3) is 0 Å². The number of hydrogen-bond donors (Lipinski definition) is 2. The first kappa shape index (κ1) is 17.8. The number of anilines is 1. The predicted molar refractivity (Wildman–Crippen MR) is 101 cm³/mol. The molecule has 0 unspecified atom stereocenters. The van der Waals surface area contributed by atoms with Gasteiger partial charge in [0, 0.05) is 24.2 Å². The molecule has 0 saturated heterocycles. The van der Waals surface area contributed by atoms with Crippen molar-refractivity contribution in [3.8, 4) is 0 Å². The average molecular weight is 313 g/mol. The van der Waals surface area contributed by atoms with E-state index in [0.717, 1.165) is 13.0 Å². The molecule has 23 heavy (non-hydrogen) atoms. The van der Waals surface area contributed by atoms with Crippen molar-refractivity contribution in [2.75, 3.05) is 18.5 Å². The van der Waals surface area contributed by atoms with E-state index in [1.807, 2.05) is 0 Å². The summed E-state index contributed by atoms with van der Waals surface area (Å²) in [5.74, 6) is 0. The van der Waals surface area contributed by atoms with Gasteiger partial charge < -0.3 is 10.4 Å². The Labute approximate surface area is 140 Å². The van der Waals surface area contributed by atoms with Gasteiger partial charge in [-0.2, -0.15) is 0 Å². The Morgan fingerprint density at radius 1 is 0.652 bits per heavy atom. The van der Waals surface area contributed by atoms with Crippen molar-refractivity contribution in [1.82, 2.24) is 0 Å². The molecule has 2 aromatic carbocycles. The average Bonchev–Trinajstić information content (AvgIpc) is 2.60. The van der Waals surface area contributed by atoms with Gasteiger partial charge in [-0.3, -0.25) is 0 Å². The number of hydrogen-bond acceptors (Lipinski definition) is 2. The lowest BCUT2D eigenvalue weighted by Crippen LogP contribution is -2.01. The third kappa shape index (κ3) is 6.62. The quantitative estimate of drug-likeness (QED) is 0.489. The van der Waals surface area contributed by atoms with E-state index in [-0.39, 0.29) is 0 Å². The smallest absolute Gasteiger partial charge is 0.0431 e. The molecule has 0 aliphatic carbocycles. The summed E-state index contributed by atoms with van der Waals surface area (Å²) in [5, 5.41) is 14.9. The van der Waals surface area contributed by atoms with Gasteiger partial charge in [-0.1, -0.05) is 81.3 Å². The van der Waals surface area contributed by atoms with Crippen LogP contribution in [-0.4, -0.2) is 18.3 Å². The lowest BCUT2D eigenvalue weighted by molar-refractivity contribution is 0.282. The van der Waals surface area contributed by atoms with Crippen molar-refractivity contribution in [1.29, 1.82) is 0 Å². The molecule has 0 aliphatic rings. The molecule has 0 aromatic heterocycles. The molecular weight excluding hydrogens is 282 g/mol. The van der Waals surface area contributed by atoms with Crippen molar-refractivity contribution in [3.63, 3.8) is 0 Å². The van der Waals surface area contributed by atoms with Crippen LogP contribution in [0, 0.1) is 0 Å². The molecule has 2 nitrogen and oxygen atoms in total. The van der Waals surface area contributed by atoms with Gasteiger partial charge in [-0.05, 0) is 24.3 Å². The number of aliphatic hydroxyl groups excluding tert-OH is 1. The molecule has 2 rings (SSSR count). The molecule has 2 heteroatoms. The van der Waals surface area contributed by atoms with Crippen molar-refractivity contribution in [2.24, 2.45) is 0 Å². The minimum absolute atomic E-state index is 0.351. The molecule has 0 atom stereocenters. The van der Waals surface area contributed by atoms with Gasteiger partial charge in [-0.25, -0.2) is 0 Å². The fourth-order valence-corrected chi connectivity index (χ4v) is 3.08. The molecule has 0 heterocycles. The highest BCUT2D eigenvalue weighted by atomic mass is 16.2. The van der Waals surface area contributed by atoms with Crippen LogP contribution in [0.2, 0.25) is 0 Å². The van der Waals surface area contributed by atoms with Gasteiger partial charge in [0.05, 0.1) is 0 Å². The summed E-state index contributed by atoms with van der Waals surface area (Å²) in [5.41, 5.74) is 1.26. The fourth-order valence-electron chi connectivity index (χ4n) is 3.08. The zero-order chi connectivity index (χ0) is 16.2. The number of benzene rings is 2. The minimum Gasteiger partial charge on any atom is -0.396 e. The van der Waals surface area contributed by atoms with E-state index in [1.165, 1.54) is 67.8 Å². The summed E-state index contributed by atoms with van der Waals surface area (Å²) < 4.78 is 0. The van der Waals surface area contributed by atoms with Crippen LogP contribution < -0.4 is 5.32 Å². The topological polar surface area (TPSA) is 32.3 Å². The summed E-state index contributed by atoms with van der Waals surface area (Å²) in [6.45, 7) is 1.41. The molecule has 126 valence electrons. The monoisotopic (exact) mass is 313 g/mol. The van der Waals surface area contributed by atoms with Gasteiger partial charge in [0.15, 0.2) is 0 Å². The lowest BCUT2D eigenvalue weighted by atomic mass is 10.1. The zero-order valence-electron chi connectivity index (χ0n) is 14.3. The normalized spacial score (nSPS) is 11.0. The SMILES string of the molecule is OCCCCCCCCCCCNc1cccc2ccccc12. The van der Waals surface area contributed by atoms with Gasteiger partial charge in [0.1, 0.15) is 0 Å². The van der Waals surface area contributed by atoms with Crippen LogP contribution in [0.25, 0.3) is 10.8 Å². The standard InChI is InChI=1S/C21H31NO/c23-18-11-7-5-3-1-2-4-6-10-17-22-21-16-12-14-19-13-8-9-15-20(19)21/h8-9,12-16,22-23H,1-7,10-11,17-18H2. The third-order valence-corrected chi connectivity index (χ3v) is 4.44. The maximum Gasteiger partial charge on any atom is 0.0431 e. The van der Waals surface area contributed by atoms with Crippen LogP contribution >= 0.6 is 0 Å². The molecule has 0 spiro atoms. The van der Waals surface area contributed by atoms with Crippen molar-refractivity contribution in [2.45, 2.75) is 57.8 Å². The highest BCUT2D eigenvalue weighted by Crippen LogP contribution is 2.22. The van der Waals surface area contributed by atoms with Crippen LogP contribution in [0.4, 0.5) is 5.69 Å². The summed E-state index contributed by atoms with van der Waals surface area (Å²) >= 11 is 0. The van der Waals surface area contributed by atoms with Crippen LogP contribution in [0.1, 0.15) is 57.8 Å². The van der Waals surface area contributed by atoms with Crippen LogP contribution in [-0.2, 0) is 0 Å². The molecule has 0 saturated carbocycles. The van der Waals surface area contributed by atoms with Gasteiger partial charge in [0.2, 0.25) is 0 Å². The third-order valence-electron chi connectivity index (χ3n) is 4.44. The molecule has 0 bridgehead atoms. The van der Waals surface area contributed by atoms with Crippen molar-refractivity contribution in [3.05, 3.63) is 42.5 Å². The number of aliphatic hydroxyl groups is 1. The van der Waals surface area contributed by atoms with Crippen LogP contribution in [0.15, 0.2) is 42.5 Å². The highest BCUT2D eigenvalue weighted by molar-refractivity contribution is 5.93. The zero-order valence-corrected chi connectivity index (χ0v) is 14.3. The molecule has 2 N–H and O–H groups in total. The van der Waals surface area contributed by atoms with E-state index in [4.69, 9.17) is 5.11 Å². The summed E-state index contributed by atoms with van der Waals surface area (Å²) in [4.78, 5) is 0. The number of rotatable bonds is 12. The van der Waals surface area contributed by atoms with E-state index in [0.29, 0.717) is 6.61 Å². The molecule has 0 amide bonds. The number of nitrogens with one attached hydrogen (secondary N) is 1. The van der Waals surface area contributed by atoms with E-state index in [9.17, 15) is 0 Å². The molecule has 2 aromatic rings. The fraction of sp³-hybridized carbons (Fsp3) is 0.524. The molecular formula is C21H31NO. The summed E-state index contributed by atoms with van der Waals surface area (Å²) in [6.07, 6.45) is 11.4. The Hall–Kier alpha value is -1.54. The minimum atomic E-state index is 0.351. The van der Waals surface area contributed by atoms with E-state index in [1.54, 1.807) is 0 Å². The van der Waals surface area contributed by atoms with E-state index < -0.39 is 0 Å². The van der Waals surface area contributed by atoms with E-state index in [2.05, 4.69) is 47.8 Å². The Bertz CT molecular complexity index is 547. The Morgan fingerprint density at radius 3 is 2.00 bits per heavy atom. The second-order valence-electron chi connectivity index (χ2n) is 6.36. The lowest BCUT2D eigenvalue weighted by Gasteiger charge is -2.09. The van der Waals surface area contributed by atoms with Crippen LogP contribution in [0.5, 0.6) is 0 Å². The van der Waals surface area contributed by atoms with Crippen LogP contribution in [0.3, 0.4) is 0 Å². The number of fused-ring (bicyclic) bond motifs is 1. The number of unbranched alkanes of at least 4 members (excludes halogenated alkanes) is 8. The van der Waals surface area contributed by atoms with Gasteiger partial charge >= 0.3 is 0 Å². The first-order valence-corrected chi connectivity index (χ1v) is 9.24. The Balaban J connectivity index is 1.54. The molecule has 0 radical (unpaired) electrons. The van der Waals surface area contributed by atoms with E-state index >= 15 is 0 Å². The highest BCUT2D eigenvalue weighted by Gasteiger charge is 1.99. The maximum atomic E-state index is 8.72. The first-order valence-electron chi connectivity index (χ1n) is 9.24. The molecule has 0 fully saturated rings. The van der Waals surface area contributed by atoms with Crippen molar-refractivity contribution < 1.29 is 5.11 Å². The summed E-state index contributed by atoms with van der Waals surface area (Å²) in [6, 6.07) is 15.0. The van der Waals surface area contributed by atoms with Gasteiger partial charge in [-0.15, -0.1) is 0 Å².